The number of carbonyl (C=O) groups is 2. The summed E-state index contributed by atoms with van der Waals surface area (Å²) in [6.45, 7) is 7.25. The number of anilines is 2. The number of phenols is 2. The summed E-state index contributed by atoms with van der Waals surface area (Å²) >= 11 is 3.63. The Balaban J connectivity index is 1.24. The molecular weight excluding hydrogens is 694 g/mol. The minimum Gasteiger partial charge on any atom is -0.508 e. The van der Waals surface area contributed by atoms with E-state index in [0.29, 0.717) is 34.7 Å². The third-order valence-electron chi connectivity index (χ3n) is 9.81. The smallest absolute Gasteiger partial charge is 0.264 e. The van der Waals surface area contributed by atoms with E-state index in [1.807, 2.05) is 46.7 Å². The zero-order chi connectivity index (χ0) is 34.9. The van der Waals surface area contributed by atoms with E-state index in [2.05, 4.69) is 51.0 Å². The number of piperazine rings is 1. The van der Waals surface area contributed by atoms with E-state index in [1.165, 1.54) is 35.4 Å². The van der Waals surface area contributed by atoms with Crippen LogP contribution in [0.1, 0.15) is 37.5 Å². The highest BCUT2D eigenvalue weighted by Gasteiger charge is 2.34. The average Bonchev–Trinajstić information content (AvgIpc) is 3.51. The molecule has 0 spiro atoms. The highest BCUT2D eigenvalue weighted by molar-refractivity contribution is 9.10. The summed E-state index contributed by atoms with van der Waals surface area (Å²) in [4.78, 5) is 37.5. The van der Waals surface area contributed by atoms with Crippen LogP contribution >= 0.6 is 15.9 Å². The number of rotatable bonds is 7. The second-order valence-electron chi connectivity index (χ2n) is 13.2. The molecule has 2 amide bonds. The Bertz CT molecular complexity index is 1970. The van der Waals surface area contributed by atoms with Crippen LogP contribution in [0, 0.1) is 6.92 Å². The first-order chi connectivity index (χ1) is 24.1. The lowest BCUT2D eigenvalue weighted by Crippen LogP contribution is -2.53. The van der Waals surface area contributed by atoms with Crippen LogP contribution in [0.5, 0.6) is 11.5 Å². The van der Waals surface area contributed by atoms with Crippen LogP contribution in [-0.4, -0.2) is 87.1 Å². The second kappa shape index (κ2) is 14.1. The van der Waals surface area contributed by atoms with Crippen molar-refractivity contribution in [2.24, 2.45) is 0 Å². The van der Waals surface area contributed by atoms with E-state index in [9.17, 15) is 19.8 Å². The molecule has 50 heavy (non-hydrogen) atoms. The van der Waals surface area contributed by atoms with Crippen molar-refractivity contribution in [1.82, 2.24) is 19.3 Å². The van der Waals surface area contributed by atoms with Gasteiger partial charge in [0.05, 0.1) is 16.8 Å². The van der Waals surface area contributed by atoms with Gasteiger partial charge in [0.15, 0.2) is 0 Å². The summed E-state index contributed by atoms with van der Waals surface area (Å²) in [7, 11) is 2.15. The first-order valence-corrected chi connectivity index (χ1v) is 17.6. The Kier molecular flexibility index (Phi) is 9.50. The van der Waals surface area contributed by atoms with Crippen molar-refractivity contribution in [2.45, 2.75) is 25.9 Å². The fourth-order valence-corrected chi connectivity index (χ4v) is 7.37. The Morgan fingerprint density at radius 1 is 0.820 bits per heavy atom. The molecule has 7 rings (SSSR count). The molecule has 2 N–H and O–H groups in total. The van der Waals surface area contributed by atoms with Gasteiger partial charge in [-0.25, -0.2) is 0 Å². The fourth-order valence-electron chi connectivity index (χ4n) is 7.02. The average molecular weight is 735 g/mol. The summed E-state index contributed by atoms with van der Waals surface area (Å²) in [5.41, 5.74) is 6.02. The van der Waals surface area contributed by atoms with Gasteiger partial charge in [-0.2, -0.15) is 0 Å². The van der Waals surface area contributed by atoms with Crippen molar-refractivity contribution in [3.8, 4) is 17.2 Å². The van der Waals surface area contributed by atoms with Gasteiger partial charge in [0.2, 0.25) is 0 Å². The molecule has 5 aromatic rings. The van der Waals surface area contributed by atoms with E-state index in [-0.39, 0.29) is 29.4 Å². The molecule has 0 radical (unpaired) electrons. The van der Waals surface area contributed by atoms with Gasteiger partial charge in [0.25, 0.3) is 11.8 Å². The van der Waals surface area contributed by atoms with Crippen LogP contribution in [0.15, 0.2) is 108 Å². The lowest BCUT2D eigenvalue weighted by Gasteiger charge is -2.41. The molecule has 0 bridgehead atoms. The summed E-state index contributed by atoms with van der Waals surface area (Å²) in [5, 5.41) is 19.9. The number of fused-ring (bicyclic) bond motifs is 1. The van der Waals surface area contributed by atoms with Crippen LogP contribution in [0.4, 0.5) is 11.4 Å². The molecule has 0 saturated carbocycles. The maximum Gasteiger partial charge on any atom is 0.264 e. The van der Waals surface area contributed by atoms with Gasteiger partial charge in [0.1, 0.15) is 11.5 Å². The highest BCUT2D eigenvalue weighted by atomic mass is 79.9. The SMILES string of the molecule is Cc1cc(C(=O)N(c2ccc(O)cc2)c2ccc(O)cc2)cn1-c1cc(Br)ccc1C(=O)N1Cc2ccccc2C[C@H]1CN1CCN(C)CC1. The quantitative estimate of drug-likeness (QED) is 0.192. The van der Waals surface area contributed by atoms with E-state index in [1.54, 1.807) is 35.4 Å². The zero-order valence-corrected chi connectivity index (χ0v) is 29.8. The van der Waals surface area contributed by atoms with E-state index in [0.717, 1.165) is 49.3 Å². The Hall–Kier alpha value is -4.90. The summed E-state index contributed by atoms with van der Waals surface area (Å²) in [6.07, 6.45) is 2.57. The van der Waals surface area contributed by atoms with Gasteiger partial charge in [0, 0.05) is 73.0 Å². The second-order valence-corrected chi connectivity index (χ2v) is 14.2. The molecule has 1 aromatic heterocycles. The molecule has 0 unspecified atom stereocenters. The Morgan fingerprint density at radius 3 is 2.08 bits per heavy atom. The van der Waals surface area contributed by atoms with Crippen molar-refractivity contribution >= 4 is 39.1 Å². The number of benzene rings is 4. The van der Waals surface area contributed by atoms with E-state index in [4.69, 9.17) is 0 Å². The normalized spacial score (nSPS) is 16.6. The molecule has 4 aromatic carbocycles. The van der Waals surface area contributed by atoms with Gasteiger partial charge < -0.3 is 24.6 Å². The maximum atomic E-state index is 14.8. The molecule has 1 atom stereocenters. The molecule has 9 nitrogen and oxygen atoms in total. The lowest BCUT2D eigenvalue weighted by molar-refractivity contribution is 0.0535. The molecule has 2 aliphatic heterocycles. The van der Waals surface area contributed by atoms with Crippen LogP contribution in [-0.2, 0) is 13.0 Å². The lowest BCUT2D eigenvalue weighted by atomic mass is 9.92. The first kappa shape index (κ1) is 33.6. The minimum absolute atomic E-state index is 0.0179. The van der Waals surface area contributed by atoms with Crippen molar-refractivity contribution in [3.05, 3.63) is 136 Å². The molecule has 10 heteroatoms. The van der Waals surface area contributed by atoms with Crippen LogP contribution in [0.25, 0.3) is 5.69 Å². The standard InChI is InChI=1S/C40H40BrN5O4/c1-27-21-30(39(49)46(32-8-12-35(47)13-9-32)33-10-14-36(48)15-11-33)25-44(27)38-23-31(41)7-16-37(38)40(50)45-24-29-6-4-3-5-28(29)22-34(45)26-43-19-17-42(2)18-20-43/h3-16,21,23,25,34,47-48H,17-20,22,24,26H2,1-2H3/t34-/m0/s1. The van der Waals surface area contributed by atoms with Crippen LogP contribution in [0.2, 0.25) is 0 Å². The predicted molar refractivity (Wildman–Crippen MR) is 199 cm³/mol. The topological polar surface area (TPSA) is 92.5 Å². The van der Waals surface area contributed by atoms with Crippen molar-refractivity contribution in [3.63, 3.8) is 0 Å². The number of aromatic nitrogens is 1. The summed E-state index contributed by atoms with van der Waals surface area (Å²) in [6, 6.07) is 28.7. The third kappa shape index (κ3) is 6.92. The number of aromatic hydroxyl groups is 2. The van der Waals surface area contributed by atoms with Crippen LogP contribution < -0.4 is 4.90 Å². The number of carbonyl (C=O) groups excluding carboxylic acids is 2. The monoisotopic (exact) mass is 733 g/mol. The number of aryl methyl sites for hydroxylation is 1. The number of hydrogen-bond donors (Lipinski definition) is 2. The van der Waals surface area contributed by atoms with Crippen molar-refractivity contribution < 1.29 is 19.8 Å². The first-order valence-electron chi connectivity index (χ1n) is 16.8. The van der Waals surface area contributed by atoms with Crippen molar-refractivity contribution in [2.75, 3.05) is 44.7 Å². The molecule has 1 saturated heterocycles. The van der Waals surface area contributed by atoms with Gasteiger partial charge in [-0.05, 0) is 104 Å². The number of phenolic OH excluding ortho intramolecular Hbond substituents is 2. The minimum atomic E-state index is -0.300. The van der Waals surface area contributed by atoms with Gasteiger partial charge >= 0.3 is 0 Å². The summed E-state index contributed by atoms with van der Waals surface area (Å²) in [5.74, 6) is -0.171. The largest absolute Gasteiger partial charge is 0.508 e. The van der Waals surface area contributed by atoms with Crippen LogP contribution in [0.3, 0.4) is 0 Å². The van der Waals surface area contributed by atoms with Crippen molar-refractivity contribution in [1.29, 1.82) is 0 Å². The maximum absolute atomic E-state index is 14.8. The van der Waals surface area contributed by atoms with E-state index >= 15 is 0 Å². The molecule has 3 heterocycles. The number of amides is 2. The number of hydrogen-bond acceptors (Lipinski definition) is 6. The fraction of sp³-hybridized carbons (Fsp3) is 0.250. The molecule has 1 fully saturated rings. The molecule has 0 aliphatic carbocycles. The molecule has 256 valence electrons. The van der Waals surface area contributed by atoms with Gasteiger partial charge in [-0.3, -0.25) is 19.4 Å². The third-order valence-corrected chi connectivity index (χ3v) is 10.3. The van der Waals surface area contributed by atoms with Gasteiger partial charge in [-0.1, -0.05) is 40.2 Å². The zero-order valence-electron chi connectivity index (χ0n) is 28.2. The molecular formula is C40H40BrN5O4. The van der Waals surface area contributed by atoms with Gasteiger partial charge in [-0.15, -0.1) is 0 Å². The number of nitrogens with zero attached hydrogens (tertiary/aromatic N) is 5. The molecule has 2 aliphatic rings. The highest BCUT2D eigenvalue weighted by Crippen LogP contribution is 2.33. The number of likely N-dealkylation sites (N-methyl/N-ethyl adjacent to an activating group) is 1. The predicted octanol–water partition coefficient (Wildman–Crippen LogP) is 6.75. The van der Waals surface area contributed by atoms with E-state index < -0.39 is 0 Å². The summed E-state index contributed by atoms with van der Waals surface area (Å²) < 4.78 is 2.72. The Morgan fingerprint density at radius 2 is 1.44 bits per heavy atom. The Labute approximate surface area is 300 Å². The number of halogens is 1.